The molecule has 0 aliphatic carbocycles. The molecule has 0 fully saturated rings. The van der Waals surface area contributed by atoms with Gasteiger partial charge in [-0.15, -0.1) is 0 Å². The highest BCUT2D eigenvalue weighted by molar-refractivity contribution is 5.83. The zero-order valence-electron chi connectivity index (χ0n) is 16.5. The van der Waals surface area contributed by atoms with Crippen molar-refractivity contribution in [3.05, 3.63) is 96.1 Å². The van der Waals surface area contributed by atoms with E-state index in [-0.39, 0.29) is 0 Å². The first kappa shape index (κ1) is 19.9. The number of fused-ring (bicyclic) bond motifs is 2. The van der Waals surface area contributed by atoms with Gasteiger partial charge in [0.1, 0.15) is 0 Å². The van der Waals surface area contributed by atoms with E-state index in [1.54, 1.807) is 0 Å². The van der Waals surface area contributed by atoms with Crippen molar-refractivity contribution in [2.24, 2.45) is 11.5 Å². The van der Waals surface area contributed by atoms with Gasteiger partial charge in [-0.25, -0.2) is 4.79 Å². The zero-order valence-corrected chi connectivity index (χ0v) is 16.5. The Morgan fingerprint density at radius 3 is 1.47 bits per heavy atom. The Labute approximate surface area is 175 Å². The number of hydrogen-bond donors (Lipinski definition) is 2. The normalized spacial score (nSPS) is 13.1. The lowest BCUT2D eigenvalue weighted by Gasteiger charge is -2.17. The van der Waals surface area contributed by atoms with Crippen molar-refractivity contribution >= 4 is 27.7 Å². The monoisotopic (exact) mass is 400 g/mol. The summed E-state index contributed by atoms with van der Waals surface area (Å²) in [5.41, 5.74) is 13.9. The van der Waals surface area contributed by atoms with Crippen LogP contribution in [-0.4, -0.2) is 18.6 Å². The molecule has 0 aliphatic heterocycles. The first-order valence-electron chi connectivity index (χ1n) is 9.90. The van der Waals surface area contributed by atoms with Crippen LogP contribution in [0.4, 0.5) is 4.79 Å². The molecule has 0 aromatic heterocycles. The van der Waals surface area contributed by atoms with Crippen molar-refractivity contribution in [3.63, 3.8) is 0 Å². The maximum Gasteiger partial charge on any atom is 0.511 e. The Bertz CT molecular complexity index is 1080. The van der Waals surface area contributed by atoms with E-state index >= 15 is 0 Å². The van der Waals surface area contributed by atoms with Crippen LogP contribution < -0.4 is 11.5 Å². The van der Waals surface area contributed by atoms with Crippen LogP contribution in [0, 0.1) is 0 Å². The molecule has 0 spiro atoms. The van der Waals surface area contributed by atoms with Crippen molar-refractivity contribution in [2.45, 2.75) is 25.3 Å². The number of hydrogen-bond acceptors (Lipinski definition) is 5. The van der Waals surface area contributed by atoms with Crippen LogP contribution in [0.2, 0.25) is 0 Å². The molecule has 0 amide bonds. The van der Waals surface area contributed by atoms with Crippen LogP contribution in [0.1, 0.15) is 11.1 Å². The summed E-state index contributed by atoms with van der Waals surface area (Å²) in [7, 11) is 0. The standard InChI is InChI=1S/C25H24N2O3/c26-23(15-17-9-11-19-5-1-3-7-21(19)13-17)29-25(28)30-24(27)16-18-10-12-20-6-2-4-8-22(20)14-18/h1-14,23-24H,15-16,26-27H2. The fraction of sp³-hybridized carbons (Fsp3) is 0.160. The lowest BCUT2D eigenvalue weighted by Crippen LogP contribution is -2.35. The van der Waals surface area contributed by atoms with Crippen molar-refractivity contribution in [3.8, 4) is 0 Å². The van der Waals surface area contributed by atoms with E-state index in [9.17, 15) is 4.79 Å². The number of ether oxygens (including phenoxy) is 2. The van der Waals surface area contributed by atoms with E-state index in [4.69, 9.17) is 20.9 Å². The van der Waals surface area contributed by atoms with Crippen LogP contribution in [0.3, 0.4) is 0 Å². The van der Waals surface area contributed by atoms with Crippen molar-refractivity contribution < 1.29 is 14.3 Å². The predicted octanol–water partition coefficient (Wildman–Crippen LogP) is 4.50. The van der Waals surface area contributed by atoms with Crippen LogP contribution >= 0.6 is 0 Å². The van der Waals surface area contributed by atoms with E-state index in [0.29, 0.717) is 12.8 Å². The summed E-state index contributed by atoms with van der Waals surface area (Å²) in [6.45, 7) is 0. The van der Waals surface area contributed by atoms with Gasteiger partial charge in [0, 0.05) is 12.8 Å². The zero-order chi connectivity index (χ0) is 20.9. The van der Waals surface area contributed by atoms with Gasteiger partial charge in [0.05, 0.1) is 0 Å². The van der Waals surface area contributed by atoms with E-state index < -0.39 is 18.6 Å². The largest absolute Gasteiger partial charge is 0.511 e. The molecular weight excluding hydrogens is 376 g/mol. The minimum atomic E-state index is -0.864. The Hall–Kier alpha value is -3.41. The smallest absolute Gasteiger partial charge is 0.415 e. The molecule has 0 bridgehead atoms. The molecule has 0 aliphatic rings. The molecular formula is C25H24N2O3. The molecule has 0 heterocycles. The van der Waals surface area contributed by atoms with Gasteiger partial charge in [0.25, 0.3) is 0 Å². The van der Waals surface area contributed by atoms with Crippen LogP contribution in [-0.2, 0) is 22.3 Å². The number of nitrogens with two attached hydrogens (primary N) is 2. The molecule has 4 aromatic rings. The highest BCUT2D eigenvalue weighted by Crippen LogP contribution is 2.18. The molecule has 30 heavy (non-hydrogen) atoms. The summed E-state index contributed by atoms with van der Waals surface area (Å²) in [5, 5.41) is 4.52. The van der Waals surface area contributed by atoms with Gasteiger partial charge in [-0.2, -0.15) is 0 Å². The van der Waals surface area contributed by atoms with Crippen molar-refractivity contribution in [1.82, 2.24) is 0 Å². The SMILES string of the molecule is NC(Cc1ccc2ccccc2c1)OC(=O)OC(N)Cc1ccc2ccccc2c1. The number of rotatable bonds is 6. The van der Waals surface area contributed by atoms with Crippen LogP contribution in [0.5, 0.6) is 0 Å². The average molecular weight is 400 g/mol. The maximum absolute atomic E-state index is 12.1. The third-order valence-corrected chi connectivity index (χ3v) is 5.00. The Balaban J connectivity index is 1.30. The number of carbonyl (C=O) groups is 1. The van der Waals surface area contributed by atoms with E-state index in [2.05, 4.69) is 0 Å². The Morgan fingerprint density at radius 2 is 1.03 bits per heavy atom. The fourth-order valence-corrected chi connectivity index (χ4v) is 3.55. The summed E-state index contributed by atoms with van der Waals surface area (Å²) in [6.07, 6.45) is -1.71. The first-order chi connectivity index (χ1) is 14.6. The summed E-state index contributed by atoms with van der Waals surface area (Å²) >= 11 is 0. The second kappa shape index (κ2) is 8.95. The Kier molecular flexibility index (Phi) is 5.93. The first-order valence-corrected chi connectivity index (χ1v) is 9.90. The molecule has 152 valence electrons. The third kappa shape index (κ3) is 4.95. The van der Waals surface area contributed by atoms with Crippen LogP contribution in [0.15, 0.2) is 84.9 Å². The molecule has 4 aromatic carbocycles. The number of benzene rings is 4. The molecule has 5 heteroatoms. The minimum absolute atomic E-state index is 0.389. The van der Waals surface area contributed by atoms with Crippen LogP contribution in [0.25, 0.3) is 21.5 Å². The fourth-order valence-electron chi connectivity index (χ4n) is 3.55. The Morgan fingerprint density at radius 1 is 0.633 bits per heavy atom. The third-order valence-electron chi connectivity index (χ3n) is 5.00. The highest BCUT2D eigenvalue weighted by atomic mass is 16.7. The van der Waals surface area contributed by atoms with Gasteiger partial charge in [0.2, 0.25) is 0 Å². The van der Waals surface area contributed by atoms with Gasteiger partial charge in [-0.05, 0) is 32.7 Å². The molecule has 2 atom stereocenters. The van der Waals surface area contributed by atoms with E-state index in [0.717, 1.165) is 32.7 Å². The van der Waals surface area contributed by atoms with E-state index in [1.165, 1.54) is 0 Å². The molecule has 4 N–H and O–H groups in total. The maximum atomic E-state index is 12.1. The average Bonchev–Trinajstić information content (AvgIpc) is 2.73. The summed E-state index contributed by atoms with van der Waals surface area (Å²) < 4.78 is 10.4. The lowest BCUT2D eigenvalue weighted by molar-refractivity contribution is 0.00191. The van der Waals surface area contributed by atoms with Gasteiger partial charge < -0.3 is 9.47 Å². The minimum Gasteiger partial charge on any atom is -0.415 e. The van der Waals surface area contributed by atoms with Crippen molar-refractivity contribution in [2.75, 3.05) is 0 Å². The molecule has 5 nitrogen and oxygen atoms in total. The van der Waals surface area contributed by atoms with Gasteiger partial charge in [-0.3, -0.25) is 11.5 Å². The predicted molar refractivity (Wildman–Crippen MR) is 119 cm³/mol. The molecule has 0 saturated heterocycles. The lowest BCUT2D eigenvalue weighted by atomic mass is 10.0. The molecule has 2 unspecified atom stereocenters. The van der Waals surface area contributed by atoms with Gasteiger partial charge >= 0.3 is 6.16 Å². The summed E-state index contributed by atoms with van der Waals surface area (Å²) in [5.74, 6) is 0. The molecule has 4 rings (SSSR count). The number of carbonyl (C=O) groups excluding carboxylic acids is 1. The summed E-state index contributed by atoms with van der Waals surface area (Å²) in [4.78, 5) is 12.1. The molecule has 0 radical (unpaired) electrons. The quantitative estimate of drug-likeness (QED) is 0.367. The topological polar surface area (TPSA) is 87.6 Å². The van der Waals surface area contributed by atoms with Gasteiger partial charge in [0.15, 0.2) is 12.5 Å². The molecule has 0 saturated carbocycles. The second-order valence-corrected chi connectivity index (χ2v) is 7.33. The second-order valence-electron chi connectivity index (χ2n) is 7.33. The van der Waals surface area contributed by atoms with Gasteiger partial charge in [-0.1, -0.05) is 84.9 Å². The van der Waals surface area contributed by atoms with E-state index in [1.807, 2.05) is 84.9 Å². The highest BCUT2D eigenvalue weighted by Gasteiger charge is 2.16. The summed E-state index contributed by atoms with van der Waals surface area (Å²) in [6, 6.07) is 28.2. The van der Waals surface area contributed by atoms with Crippen molar-refractivity contribution in [1.29, 1.82) is 0 Å².